The Balaban J connectivity index is 0.000000393. The van der Waals surface area contributed by atoms with E-state index in [-0.39, 0.29) is 23.0 Å². The lowest BCUT2D eigenvalue weighted by Gasteiger charge is -2.64. The van der Waals surface area contributed by atoms with E-state index < -0.39 is 5.60 Å². The second-order valence-electron chi connectivity index (χ2n) is 11.7. The minimum Gasteiger partial charge on any atom is -0.396 e. The molecule has 4 heteroatoms. The van der Waals surface area contributed by atoms with E-state index in [4.69, 9.17) is 5.11 Å². The largest absolute Gasteiger partial charge is 0.396 e. The molecule has 160 valence electrons. The summed E-state index contributed by atoms with van der Waals surface area (Å²) in [5.74, 6) is 4.44. The van der Waals surface area contributed by atoms with Gasteiger partial charge in [-0.15, -0.1) is 0 Å². The maximum Gasteiger partial charge on any atom is 0.0759 e. The first-order chi connectivity index (χ1) is 13.2. The lowest BCUT2D eigenvalue weighted by Crippen LogP contribution is -2.64. The predicted molar refractivity (Wildman–Crippen MR) is 107 cm³/mol. The minimum atomic E-state index is -0.635. The Labute approximate surface area is 169 Å². The van der Waals surface area contributed by atoms with Crippen molar-refractivity contribution in [1.82, 2.24) is 0 Å². The number of fused-ring (bicyclic) bond motifs is 10. The third kappa shape index (κ3) is 2.32. The standard InChI is InChI=1S/C21H32O3.C3H8O/c1-19-5-4-14-16(17(19)11-7-12(11)18(19)23)13-8-15(13)21(24)9-10(22)3-6-20(14,21)2;1-2-3-4/h10-18,22-24H,3-9H2,1-2H3;4H,2-3H2,1H3. The highest BCUT2D eigenvalue weighted by Crippen LogP contribution is 2.79. The van der Waals surface area contributed by atoms with Gasteiger partial charge in [-0.2, -0.15) is 0 Å². The van der Waals surface area contributed by atoms with Crippen LogP contribution in [0.25, 0.3) is 0 Å². The molecule has 0 heterocycles. The van der Waals surface area contributed by atoms with Crippen molar-refractivity contribution in [2.24, 2.45) is 52.3 Å². The third-order valence-electron chi connectivity index (χ3n) is 10.6. The highest BCUT2D eigenvalue weighted by atomic mass is 16.3. The van der Waals surface area contributed by atoms with Crippen molar-refractivity contribution in [3.63, 3.8) is 0 Å². The van der Waals surface area contributed by atoms with Crippen molar-refractivity contribution >= 4 is 0 Å². The molecule has 6 saturated carbocycles. The van der Waals surface area contributed by atoms with E-state index >= 15 is 0 Å². The Kier molecular flexibility index (Phi) is 4.37. The quantitative estimate of drug-likeness (QED) is 0.553. The Morgan fingerprint density at radius 1 is 0.929 bits per heavy atom. The molecule has 6 rings (SSSR count). The zero-order valence-electron chi connectivity index (χ0n) is 17.8. The molecule has 12 atom stereocenters. The van der Waals surface area contributed by atoms with Crippen molar-refractivity contribution in [2.45, 2.75) is 89.9 Å². The molecule has 28 heavy (non-hydrogen) atoms. The fraction of sp³-hybridized carbons (Fsp3) is 1.00. The van der Waals surface area contributed by atoms with Crippen LogP contribution < -0.4 is 0 Å². The van der Waals surface area contributed by atoms with Crippen molar-refractivity contribution < 1.29 is 20.4 Å². The van der Waals surface area contributed by atoms with Crippen molar-refractivity contribution in [3.05, 3.63) is 0 Å². The van der Waals surface area contributed by atoms with Crippen LogP contribution in [-0.4, -0.2) is 44.8 Å². The molecule has 4 N–H and O–H groups in total. The molecule has 6 fully saturated rings. The summed E-state index contributed by atoms with van der Waals surface area (Å²) in [6.07, 6.45) is 7.66. The Morgan fingerprint density at radius 3 is 2.32 bits per heavy atom. The Hall–Kier alpha value is -0.160. The summed E-state index contributed by atoms with van der Waals surface area (Å²) >= 11 is 0. The average Bonchev–Trinajstić information content (AvgIpc) is 3.56. The Bertz CT molecular complexity index is 636. The Morgan fingerprint density at radius 2 is 1.64 bits per heavy atom. The highest BCUT2D eigenvalue weighted by molar-refractivity contribution is 5.26. The maximum atomic E-state index is 11.7. The van der Waals surface area contributed by atoms with Gasteiger partial charge in [0.05, 0.1) is 17.8 Å². The molecule has 0 bridgehead atoms. The lowest BCUT2D eigenvalue weighted by atomic mass is 9.43. The topological polar surface area (TPSA) is 80.9 Å². The maximum absolute atomic E-state index is 11.7. The van der Waals surface area contributed by atoms with Gasteiger partial charge in [0.25, 0.3) is 0 Å². The smallest absolute Gasteiger partial charge is 0.0759 e. The van der Waals surface area contributed by atoms with Crippen LogP contribution in [-0.2, 0) is 0 Å². The molecule has 0 aliphatic heterocycles. The van der Waals surface area contributed by atoms with Gasteiger partial charge in [0.15, 0.2) is 0 Å². The molecule has 0 aromatic carbocycles. The van der Waals surface area contributed by atoms with Crippen LogP contribution >= 0.6 is 0 Å². The molecule has 0 saturated heterocycles. The summed E-state index contributed by atoms with van der Waals surface area (Å²) in [5.41, 5.74) is -0.514. The van der Waals surface area contributed by atoms with Crippen molar-refractivity contribution in [3.8, 4) is 0 Å². The molecule has 0 spiro atoms. The minimum absolute atomic E-state index is 0.0200. The van der Waals surface area contributed by atoms with Crippen LogP contribution in [0, 0.1) is 52.3 Å². The number of hydrogen-bond acceptors (Lipinski definition) is 4. The van der Waals surface area contributed by atoms with Crippen LogP contribution in [0.5, 0.6) is 0 Å². The average molecular weight is 393 g/mol. The van der Waals surface area contributed by atoms with E-state index in [2.05, 4.69) is 13.8 Å². The summed E-state index contributed by atoms with van der Waals surface area (Å²) in [5, 5.41) is 40.7. The fourth-order valence-corrected chi connectivity index (χ4v) is 9.09. The van der Waals surface area contributed by atoms with E-state index in [1.54, 1.807) is 0 Å². The lowest BCUT2D eigenvalue weighted by molar-refractivity contribution is -0.230. The van der Waals surface area contributed by atoms with Crippen molar-refractivity contribution in [1.29, 1.82) is 0 Å². The SMILES string of the molecule is CC12CCC3C(C4CC4C4(O)CC(O)CCC34C)C1C1CC1C2O.CCCO. The normalized spacial score (nSPS) is 62.9. The van der Waals surface area contributed by atoms with Gasteiger partial charge in [-0.1, -0.05) is 20.8 Å². The summed E-state index contributed by atoms with van der Waals surface area (Å²) < 4.78 is 0. The number of aliphatic hydroxyl groups excluding tert-OH is 3. The zero-order chi connectivity index (χ0) is 20.1. The van der Waals surface area contributed by atoms with Crippen LogP contribution in [0.15, 0.2) is 0 Å². The van der Waals surface area contributed by atoms with E-state index in [0.29, 0.717) is 42.6 Å². The predicted octanol–water partition coefficient (Wildman–Crippen LogP) is 2.97. The van der Waals surface area contributed by atoms with E-state index in [1.165, 1.54) is 19.3 Å². The molecule has 12 unspecified atom stereocenters. The zero-order valence-corrected chi connectivity index (χ0v) is 17.8. The van der Waals surface area contributed by atoms with Crippen molar-refractivity contribution in [2.75, 3.05) is 6.61 Å². The first kappa shape index (κ1) is 19.8. The van der Waals surface area contributed by atoms with Gasteiger partial charge in [0, 0.05) is 13.0 Å². The molecule has 0 radical (unpaired) electrons. The van der Waals surface area contributed by atoms with E-state index in [0.717, 1.165) is 37.5 Å². The summed E-state index contributed by atoms with van der Waals surface area (Å²) in [6.45, 7) is 6.97. The fourth-order valence-electron chi connectivity index (χ4n) is 9.09. The van der Waals surface area contributed by atoms with E-state index in [1.807, 2.05) is 6.92 Å². The molecule has 0 amide bonds. The number of rotatable bonds is 1. The van der Waals surface area contributed by atoms with Gasteiger partial charge in [-0.05, 0) is 97.2 Å². The first-order valence-corrected chi connectivity index (χ1v) is 11.9. The molecular formula is C24H40O4. The van der Waals surface area contributed by atoms with Gasteiger partial charge >= 0.3 is 0 Å². The first-order valence-electron chi connectivity index (χ1n) is 11.9. The van der Waals surface area contributed by atoms with Crippen LogP contribution in [0.3, 0.4) is 0 Å². The van der Waals surface area contributed by atoms with Crippen LogP contribution in [0.2, 0.25) is 0 Å². The second kappa shape index (κ2) is 6.18. The second-order valence-corrected chi connectivity index (χ2v) is 11.7. The third-order valence-corrected chi connectivity index (χ3v) is 10.6. The molecule has 4 nitrogen and oxygen atoms in total. The van der Waals surface area contributed by atoms with Crippen LogP contribution in [0.1, 0.15) is 72.1 Å². The summed E-state index contributed by atoms with van der Waals surface area (Å²) in [4.78, 5) is 0. The van der Waals surface area contributed by atoms with Gasteiger partial charge in [0.2, 0.25) is 0 Å². The number of aliphatic hydroxyl groups is 4. The summed E-state index contributed by atoms with van der Waals surface area (Å²) in [7, 11) is 0. The molecule has 0 aromatic heterocycles. The van der Waals surface area contributed by atoms with E-state index in [9.17, 15) is 15.3 Å². The van der Waals surface area contributed by atoms with Gasteiger partial charge in [-0.3, -0.25) is 0 Å². The highest BCUT2D eigenvalue weighted by Gasteiger charge is 2.78. The van der Waals surface area contributed by atoms with Gasteiger partial charge in [-0.25, -0.2) is 0 Å². The van der Waals surface area contributed by atoms with Gasteiger partial charge in [0.1, 0.15) is 0 Å². The molecule has 6 aliphatic rings. The molecule has 6 aliphatic carbocycles. The monoisotopic (exact) mass is 392 g/mol. The molecular weight excluding hydrogens is 352 g/mol. The number of hydrogen-bond donors (Lipinski definition) is 4. The van der Waals surface area contributed by atoms with Crippen LogP contribution in [0.4, 0.5) is 0 Å². The molecule has 0 aromatic rings. The van der Waals surface area contributed by atoms with Gasteiger partial charge < -0.3 is 20.4 Å². The summed E-state index contributed by atoms with van der Waals surface area (Å²) in [6, 6.07) is 0.